The Bertz CT molecular complexity index is 1100. The third-order valence-corrected chi connectivity index (χ3v) is 6.86. The van der Waals surface area contributed by atoms with E-state index in [0.717, 1.165) is 18.9 Å². The van der Waals surface area contributed by atoms with Gasteiger partial charge in [-0.1, -0.05) is 11.6 Å². The number of alkyl halides is 2. The van der Waals surface area contributed by atoms with Crippen molar-refractivity contribution in [2.45, 2.75) is 69.7 Å². The van der Waals surface area contributed by atoms with Crippen LogP contribution < -0.4 is 20.3 Å². The number of carbonyl (C=O) groups excluding carboxylic acids is 2. The van der Waals surface area contributed by atoms with Gasteiger partial charge in [0.25, 0.3) is 18.2 Å². The summed E-state index contributed by atoms with van der Waals surface area (Å²) in [6.07, 6.45) is 2.10. The van der Waals surface area contributed by atoms with Crippen LogP contribution in [0.15, 0.2) is 36.5 Å². The number of fused-ring (bicyclic) bond motifs is 2. The molecule has 2 fully saturated rings. The van der Waals surface area contributed by atoms with Crippen LogP contribution in [-0.2, 0) is 4.79 Å². The Kier molecular flexibility index (Phi) is 7.63. The lowest BCUT2D eigenvalue weighted by Gasteiger charge is -2.40. The van der Waals surface area contributed by atoms with Gasteiger partial charge in [0.15, 0.2) is 5.60 Å². The summed E-state index contributed by atoms with van der Waals surface area (Å²) in [7, 11) is 0. The van der Waals surface area contributed by atoms with E-state index in [1.54, 1.807) is 26.0 Å². The Morgan fingerprint density at radius 3 is 2.47 bits per heavy atom. The summed E-state index contributed by atoms with van der Waals surface area (Å²) in [5, 5.41) is 5.35. The second-order valence-electron chi connectivity index (χ2n) is 9.63. The smallest absolute Gasteiger partial charge is 0.263 e. The van der Waals surface area contributed by atoms with Gasteiger partial charge in [-0.05, 0) is 69.9 Å². The zero-order chi connectivity index (χ0) is 26.0. The van der Waals surface area contributed by atoms with Gasteiger partial charge >= 0.3 is 0 Å². The van der Waals surface area contributed by atoms with Gasteiger partial charge in [-0.2, -0.15) is 0 Å². The van der Waals surface area contributed by atoms with E-state index in [1.165, 1.54) is 18.3 Å². The number of hydrogen-bond donors (Lipinski definition) is 2. The molecule has 194 valence electrons. The Morgan fingerprint density at radius 1 is 1.19 bits per heavy atom. The molecule has 0 unspecified atom stereocenters. The van der Waals surface area contributed by atoms with Gasteiger partial charge in [0.05, 0.1) is 17.1 Å². The van der Waals surface area contributed by atoms with Gasteiger partial charge in [-0.3, -0.25) is 9.59 Å². The maximum absolute atomic E-state index is 13.3. The van der Waals surface area contributed by atoms with Crippen LogP contribution in [0.3, 0.4) is 0 Å². The molecule has 3 heterocycles. The lowest BCUT2D eigenvalue weighted by atomic mass is 9.96. The fraction of sp³-hybridized carbons (Fsp3) is 0.480. The Labute approximate surface area is 212 Å². The number of piperidine rings is 1. The summed E-state index contributed by atoms with van der Waals surface area (Å²) in [5.74, 6) is -0.433. The van der Waals surface area contributed by atoms with Gasteiger partial charge in [-0.15, -0.1) is 0 Å². The number of ether oxygens (including phenoxy) is 1. The molecule has 2 amide bonds. The Balaban J connectivity index is 1.36. The fourth-order valence-corrected chi connectivity index (χ4v) is 5.06. The number of anilines is 1. The van der Waals surface area contributed by atoms with Crippen molar-refractivity contribution in [1.82, 2.24) is 15.6 Å². The van der Waals surface area contributed by atoms with Crippen molar-refractivity contribution >= 4 is 29.2 Å². The molecule has 0 spiro atoms. The predicted octanol–water partition coefficient (Wildman–Crippen LogP) is 4.34. The third-order valence-electron chi connectivity index (χ3n) is 6.57. The van der Waals surface area contributed by atoms with Crippen LogP contribution in [0, 0.1) is 5.82 Å². The maximum Gasteiger partial charge on any atom is 0.263 e. The molecule has 2 aliphatic rings. The number of pyridine rings is 1. The van der Waals surface area contributed by atoms with Crippen molar-refractivity contribution in [2.75, 3.05) is 11.4 Å². The van der Waals surface area contributed by atoms with Gasteiger partial charge in [-0.25, -0.2) is 18.2 Å². The van der Waals surface area contributed by atoms with Crippen LogP contribution in [0.1, 0.15) is 49.9 Å². The van der Waals surface area contributed by atoms with E-state index in [-0.39, 0.29) is 40.4 Å². The molecule has 2 aromatic rings. The predicted molar refractivity (Wildman–Crippen MR) is 129 cm³/mol. The average molecular weight is 525 g/mol. The number of amides is 2. The minimum Gasteiger partial charge on any atom is -0.476 e. The van der Waals surface area contributed by atoms with Crippen molar-refractivity contribution in [3.63, 3.8) is 0 Å². The molecule has 1 aromatic carbocycles. The second-order valence-corrected chi connectivity index (χ2v) is 10.0. The highest BCUT2D eigenvalue weighted by Gasteiger charge is 2.43. The summed E-state index contributed by atoms with van der Waals surface area (Å²) < 4.78 is 43.8. The highest BCUT2D eigenvalue weighted by atomic mass is 35.5. The first-order valence-corrected chi connectivity index (χ1v) is 12.2. The Morgan fingerprint density at radius 2 is 1.89 bits per heavy atom. The zero-order valence-corrected chi connectivity index (χ0v) is 20.7. The number of nitrogens with zero attached hydrogens (tertiary/aromatic N) is 2. The second kappa shape index (κ2) is 10.5. The summed E-state index contributed by atoms with van der Waals surface area (Å²) in [4.78, 5) is 31.6. The van der Waals surface area contributed by atoms with Crippen molar-refractivity contribution in [2.24, 2.45) is 0 Å². The number of carbonyl (C=O) groups is 2. The fourth-order valence-electron chi connectivity index (χ4n) is 4.85. The molecule has 36 heavy (non-hydrogen) atoms. The van der Waals surface area contributed by atoms with Crippen molar-refractivity contribution in [3.8, 4) is 5.75 Å². The number of nitrogens with one attached hydrogen (secondary N) is 2. The van der Waals surface area contributed by atoms with Crippen LogP contribution in [0.2, 0.25) is 5.02 Å². The summed E-state index contributed by atoms with van der Waals surface area (Å²) in [6.45, 7) is 2.56. The molecule has 1 aromatic heterocycles. The number of aromatic nitrogens is 1. The number of halogens is 4. The van der Waals surface area contributed by atoms with E-state index in [1.807, 2.05) is 0 Å². The molecule has 2 N–H and O–H groups in total. The molecule has 3 atom stereocenters. The SMILES string of the molecule is CC(C)(Oc1ccc(F)cc1Cl)C(=O)N[C@H]1C[C@H]2CC[C@@H](C1)N2c1ccc(C(=O)NCC(F)F)cn1. The first-order valence-electron chi connectivity index (χ1n) is 11.8. The quantitative estimate of drug-likeness (QED) is 0.537. The molecule has 0 saturated carbocycles. The van der Waals surface area contributed by atoms with Crippen molar-refractivity contribution < 1.29 is 27.5 Å². The molecule has 2 aliphatic heterocycles. The van der Waals surface area contributed by atoms with Crippen LogP contribution in [0.25, 0.3) is 0 Å². The van der Waals surface area contributed by atoms with Gasteiger partial charge in [0.1, 0.15) is 17.4 Å². The highest BCUT2D eigenvalue weighted by Crippen LogP contribution is 2.39. The van der Waals surface area contributed by atoms with E-state index >= 15 is 0 Å². The molecule has 2 bridgehead atoms. The molecule has 2 saturated heterocycles. The zero-order valence-electron chi connectivity index (χ0n) is 19.9. The van der Waals surface area contributed by atoms with E-state index < -0.39 is 30.3 Å². The molecule has 0 radical (unpaired) electrons. The van der Waals surface area contributed by atoms with Gasteiger partial charge < -0.3 is 20.3 Å². The first kappa shape index (κ1) is 26.1. The van der Waals surface area contributed by atoms with Crippen LogP contribution in [-0.4, -0.2) is 53.5 Å². The van der Waals surface area contributed by atoms with E-state index in [4.69, 9.17) is 16.3 Å². The van der Waals surface area contributed by atoms with Gasteiger partial charge in [0.2, 0.25) is 0 Å². The summed E-state index contributed by atoms with van der Waals surface area (Å²) in [6, 6.07) is 7.32. The number of rotatable bonds is 8. The topological polar surface area (TPSA) is 83.6 Å². The molecule has 11 heteroatoms. The van der Waals surface area contributed by atoms with Crippen LogP contribution in [0.4, 0.5) is 19.0 Å². The lowest BCUT2D eigenvalue weighted by molar-refractivity contribution is -0.135. The van der Waals surface area contributed by atoms with E-state index in [2.05, 4.69) is 20.5 Å². The van der Waals surface area contributed by atoms with E-state index in [0.29, 0.717) is 18.7 Å². The van der Waals surface area contributed by atoms with Gasteiger partial charge in [0, 0.05) is 24.3 Å². The maximum atomic E-state index is 13.3. The molecule has 0 aliphatic carbocycles. The van der Waals surface area contributed by atoms with Crippen LogP contribution >= 0.6 is 11.6 Å². The lowest BCUT2D eigenvalue weighted by Crippen LogP contribution is -2.55. The van der Waals surface area contributed by atoms with Crippen LogP contribution in [0.5, 0.6) is 5.75 Å². The molecule has 4 rings (SSSR count). The highest BCUT2D eigenvalue weighted by molar-refractivity contribution is 6.32. The summed E-state index contributed by atoms with van der Waals surface area (Å²) in [5.41, 5.74) is -1.00. The normalized spacial score (nSPS) is 21.4. The number of hydrogen-bond acceptors (Lipinski definition) is 5. The van der Waals surface area contributed by atoms with Crippen molar-refractivity contribution in [3.05, 3.63) is 52.9 Å². The standard InChI is InChI=1S/C25H28ClF3N4O3/c1-25(2,36-20-7-4-15(27)9-19(20)26)24(35)32-16-10-17-5-6-18(11-16)33(17)22-8-3-14(12-30-22)23(34)31-13-21(28)29/h3-4,7-9,12,16-18,21H,5-6,10-11,13H2,1-2H3,(H,31,34)(H,32,35)/t16-,17+,18-. The van der Waals surface area contributed by atoms with E-state index in [9.17, 15) is 22.8 Å². The third kappa shape index (κ3) is 5.86. The summed E-state index contributed by atoms with van der Waals surface area (Å²) >= 11 is 6.05. The molecular weight excluding hydrogens is 497 g/mol. The number of benzene rings is 1. The minimum absolute atomic E-state index is 0.0581. The largest absolute Gasteiger partial charge is 0.476 e. The average Bonchev–Trinajstić information content (AvgIpc) is 3.09. The Hall–Kier alpha value is -3.01. The monoisotopic (exact) mass is 524 g/mol. The minimum atomic E-state index is -2.61. The molecular formula is C25H28ClF3N4O3. The molecule has 7 nitrogen and oxygen atoms in total. The van der Waals surface area contributed by atoms with Crippen molar-refractivity contribution in [1.29, 1.82) is 0 Å². The first-order chi connectivity index (χ1) is 17.0.